The topological polar surface area (TPSA) is 71.5 Å². The van der Waals surface area contributed by atoms with Crippen molar-refractivity contribution in [1.29, 1.82) is 0 Å². The summed E-state index contributed by atoms with van der Waals surface area (Å²) in [6, 6.07) is 0. The van der Waals surface area contributed by atoms with Gasteiger partial charge in [0.1, 0.15) is 11.7 Å². The lowest BCUT2D eigenvalue weighted by Crippen LogP contribution is -2.27. The van der Waals surface area contributed by atoms with Crippen molar-refractivity contribution >= 4 is 22.6 Å². The zero-order valence-corrected chi connectivity index (χ0v) is 11.8. The lowest BCUT2D eigenvalue weighted by molar-refractivity contribution is 0.0636. The predicted molar refractivity (Wildman–Crippen MR) is 71.9 cm³/mol. The van der Waals surface area contributed by atoms with Crippen LogP contribution in [0, 0.1) is 6.92 Å². The van der Waals surface area contributed by atoms with Gasteiger partial charge in [-0.25, -0.2) is 9.78 Å². The highest BCUT2D eigenvalue weighted by Gasteiger charge is 2.19. The smallest absolute Gasteiger partial charge is 0.413 e. The standard InChI is InChI=1S/C12H18N2O3S/c1-6-8(15)9-7(2)13-10(18-9)14-11(16)17-12(3,4)5/h6,8,15H,1H2,2-5H3,(H,13,14,16). The van der Waals surface area contributed by atoms with Crippen LogP contribution in [0.25, 0.3) is 0 Å². The number of thiazole rings is 1. The Hall–Kier alpha value is -1.40. The van der Waals surface area contributed by atoms with E-state index in [1.165, 1.54) is 17.4 Å². The minimum absolute atomic E-state index is 0.401. The van der Waals surface area contributed by atoms with E-state index < -0.39 is 17.8 Å². The quantitative estimate of drug-likeness (QED) is 0.828. The van der Waals surface area contributed by atoms with Gasteiger partial charge in [-0.2, -0.15) is 0 Å². The number of aliphatic hydroxyl groups is 1. The number of hydrogen-bond donors (Lipinski definition) is 2. The largest absolute Gasteiger partial charge is 0.444 e. The Kier molecular flexibility index (Phi) is 4.48. The summed E-state index contributed by atoms with van der Waals surface area (Å²) in [5.41, 5.74) is 0.110. The molecule has 1 rings (SSSR count). The van der Waals surface area contributed by atoms with Crippen LogP contribution in [-0.4, -0.2) is 21.8 Å². The van der Waals surface area contributed by atoms with Gasteiger partial charge in [0.25, 0.3) is 0 Å². The zero-order chi connectivity index (χ0) is 13.9. The maximum absolute atomic E-state index is 11.5. The number of carbonyl (C=O) groups excluding carboxylic acids is 1. The predicted octanol–water partition coefficient (Wildman–Crippen LogP) is 3.02. The number of hydrogen-bond acceptors (Lipinski definition) is 5. The molecule has 0 spiro atoms. The molecule has 0 radical (unpaired) electrons. The van der Waals surface area contributed by atoms with Crippen molar-refractivity contribution in [2.75, 3.05) is 5.32 Å². The Labute approximate surface area is 111 Å². The molecule has 0 saturated heterocycles. The first-order valence-electron chi connectivity index (χ1n) is 5.51. The van der Waals surface area contributed by atoms with E-state index >= 15 is 0 Å². The molecule has 1 amide bonds. The molecule has 2 N–H and O–H groups in total. The first kappa shape index (κ1) is 14.7. The summed E-state index contributed by atoms with van der Waals surface area (Å²) < 4.78 is 5.11. The van der Waals surface area contributed by atoms with E-state index in [1.807, 2.05) is 0 Å². The molecule has 0 bridgehead atoms. The molecule has 1 heterocycles. The fourth-order valence-corrected chi connectivity index (χ4v) is 2.17. The van der Waals surface area contributed by atoms with Gasteiger partial charge in [0.2, 0.25) is 0 Å². The maximum Gasteiger partial charge on any atom is 0.413 e. The summed E-state index contributed by atoms with van der Waals surface area (Å²) >= 11 is 1.20. The number of ether oxygens (including phenoxy) is 1. The van der Waals surface area contributed by atoms with Gasteiger partial charge in [0.15, 0.2) is 5.13 Å². The summed E-state index contributed by atoms with van der Waals surface area (Å²) in [7, 11) is 0. The third kappa shape index (κ3) is 4.12. The van der Waals surface area contributed by atoms with Crippen molar-refractivity contribution in [3.63, 3.8) is 0 Å². The van der Waals surface area contributed by atoms with Crippen molar-refractivity contribution in [1.82, 2.24) is 4.98 Å². The number of aromatic nitrogens is 1. The third-order valence-corrected chi connectivity index (χ3v) is 3.08. The van der Waals surface area contributed by atoms with Gasteiger partial charge in [-0.05, 0) is 27.7 Å². The van der Waals surface area contributed by atoms with E-state index in [0.717, 1.165) is 0 Å². The molecule has 1 unspecified atom stereocenters. The summed E-state index contributed by atoms with van der Waals surface area (Å²) in [6.45, 7) is 10.6. The SMILES string of the molecule is C=CC(O)c1sc(NC(=O)OC(C)(C)C)nc1C. The molecule has 100 valence electrons. The fourth-order valence-electron chi connectivity index (χ4n) is 1.23. The molecule has 6 heteroatoms. The van der Waals surface area contributed by atoms with Crippen molar-refractivity contribution < 1.29 is 14.6 Å². The molecule has 5 nitrogen and oxygen atoms in total. The third-order valence-electron chi connectivity index (χ3n) is 1.93. The second-order valence-electron chi connectivity index (χ2n) is 4.78. The zero-order valence-electron chi connectivity index (χ0n) is 11.0. The summed E-state index contributed by atoms with van der Waals surface area (Å²) in [6.07, 6.45) is 0.0881. The van der Waals surface area contributed by atoms with Gasteiger partial charge in [-0.3, -0.25) is 5.32 Å². The van der Waals surface area contributed by atoms with Crippen molar-refractivity contribution in [2.45, 2.75) is 39.4 Å². The van der Waals surface area contributed by atoms with Crippen molar-refractivity contribution in [3.8, 4) is 0 Å². The number of aryl methyl sites for hydroxylation is 1. The van der Waals surface area contributed by atoms with E-state index in [2.05, 4.69) is 16.9 Å². The van der Waals surface area contributed by atoms with Crippen LogP contribution >= 0.6 is 11.3 Å². The Morgan fingerprint density at radius 2 is 2.22 bits per heavy atom. The molecule has 0 aliphatic carbocycles. The first-order valence-corrected chi connectivity index (χ1v) is 6.32. The highest BCUT2D eigenvalue weighted by Crippen LogP contribution is 2.29. The second-order valence-corrected chi connectivity index (χ2v) is 5.81. The lowest BCUT2D eigenvalue weighted by atomic mass is 10.2. The van der Waals surface area contributed by atoms with E-state index in [1.54, 1.807) is 27.7 Å². The number of carbonyl (C=O) groups is 1. The molecule has 0 aliphatic rings. The summed E-state index contributed by atoms with van der Waals surface area (Å²) in [5.74, 6) is 0. The Balaban J connectivity index is 2.75. The average Bonchev–Trinajstić information content (AvgIpc) is 2.55. The number of nitrogens with one attached hydrogen (secondary N) is 1. The van der Waals surface area contributed by atoms with E-state index in [4.69, 9.17) is 4.74 Å². The molecular formula is C12H18N2O3S. The summed E-state index contributed by atoms with van der Waals surface area (Å²) in [5, 5.41) is 12.6. The minimum atomic E-state index is -0.767. The van der Waals surface area contributed by atoms with E-state index in [9.17, 15) is 9.90 Å². The lowest BCUT2D eigenvalue weighted by Gasteiger charge is -2.18. The van der Waals surface area contributed by atoms with Gasteiger partial charge < -0.3 is 9.84 Å². The highest BCUT2D eigenvalue weighted by molar-refractivity contribution is 7.16. The number of rotatable bonds is 3. The van der Waals surface area contributed by atoms with Crippen LogP contribution < -0.4 is 5.32 Å². The van der Waals surface area contributed by atoms with Crippen LogP contribution in [0.1, 0.15) is 37.4 Å². The first-order chi connectivity index (χ1) is 8.23. The summed E-state index contributed by atoms with van der Waals surface area (Å²) in [4.78, 5) is 16.4. The maximum atomic E-state index is 11.5. The molecule has 1 aromatic rings. The van der Waals surface area contributed by atoms with Crippen molar-refractivity contribution in [2.24, 2.45) is 0 Å². The molecule has 0 saturated carbocycles. The van der Waals surface area contributed by atoms with Crippen LogP contribution in [0.4, 0.5) is 9.93 Å². The van der Waals surface area contributed by atoms with Crippen molar-refractivity contribution in [3.05, 3.63) is 23.2 Å². The van der Waals surface area contributed by atoms with Gasteiger partial charge >= 0.3 is 6.09 Å². The van der Waals surface area contributed by atoms with Crippen LogP contribution in [0.15, 0.2) is 12.7 Å². The molecule has 1 atom stereocenters. The number of amides is 1. The average molecular weight is 270 g/mol. The fraction of sp³-hybridized carbons (Fsp3) is 0.500. The Bertz CT molecular complexity index is 449. The van der Waals surface area contributed by atoms with E-state index in [-0.39, 0.29) is 0 Å². The van der Waals surface area contributed by atoms with Gasteiger partial charge in [0, 0.05) is 0 Å². The molecule has 0 aliphatic heterocycles. The normalized spacial score (nSPS) is 12.9. The highest BCUT2D eigenvalue weighted by atomic mass is 32.1. The Morgan fingerprint density at radius 1 is 1.61 bits per heavy atom. The molecule has 18 heavy (non-hydrogen) atoms. The van der Waals surface area contributed by atoms with Gasteiger partial charge in [-0.1, -0.05) is 17.4 Å². The van der Waals surface area contributed by atoms with Crippen LogP contribution in [0.5, 0.6) is 0 Å². The molecule has 1 aromatic heterocycles. The molecular weight excluding hydrogens is 252 g/mol. The van der Waals surface area contributed by atoms with Gasteiger partial charge in [0.05, 0.1) is 10.6 Å². The number of aliphatic hydroxyl groups excluding tert-OH is 1. The molecule has 0 fully saturated rings. The number of nitrogens with zero attached hydrogens (tertiary/aromatic N) is 1. The Morgan fingerprint density at radius 3 is 2.72 bits per heavy atom. The monoisotopic (exact) mass is 270 g/mol. The molecule has 0 aromatic carbocycles. The van der Waals surface area contributed by atoms with Crippen LogP contribution in [0.3, 0.4) is 0 Å². The minimum Gasteiger partial charge on any atom is -0.444 e. The van der Waals surface area contributed by atoms with Crippen LogP contribution in [0.2, 0.25) is 0 Å². The van der Waals surface area contributed by atoms with Crippen LogP contribution in [-0.2, 0) is 4.74 Å². The van der Waals surface area contributed by atoms with E-state index in [0.29, 0.717) is 15.7 Å². The second kappa shape index (κ2) is 5.49. The van der Waals surface area contributed by atoms with Gasteiger partial charge in [-0.15, -0.1) is 6.58 Å². The number of anilines is 1.